The van der Waals surface area contributed by atoms with Crippen molar-refractivity contribution in [2.75, 3.05) is 27.8 Å². The number of methoxy groups -OCH3 is 2. The lowest BCUT2D eigenvalue weighted by Gasteiger charge is -2.20. The maximum Gasteiger partial charge on any atom is 0.161 e. The van der Waals surface area contributed by atoms with Crippen molar-refractivity contribution < 1.29 is 9.47 Å². The number of hydrogen-bond acceptors (Lipinski definition) is 4. The summed E-state index contributed by atoms with van der Waals surface area (Å²) in [6, 6.07) is 4.32. The van der Waals surface area contributed by atoms with Gasteiger partial charge in [0.1, 0.15) is 0 Å². The van der Waals surface area contributed by atoms with Gasteiger partial charge in [-0.25, -0.2) is 0 Å². The first kappa shape index (κ1) is 15.8. The highest BCUT2D eigenvalue weighted by molar-refractivity contribution is 5.46. The number of rotatable bonds is 7. The number of hydrogen-bond donors (Lipinski definition) is 1. The number of nitrogens with two attached hydrogens (primary N) is 1. The molecular formula is C15H26N2O2. The highest BCUT2D eigenvalue weighted by atomic mass is 16.5. The SMILES string of the molecule is COc1cc(C)c(CN(C)CCC(C)N)cc1OC. The lowest BCUT2D eigenvalue weighted by Crippen LogP contribution is -2.26. The first-order valence-corrected chi connectivity index (χ1v) is 6.63. The zero-order valence-electron chi connectivity index (χ0n) is 12.7. The molecule has 0 radical (unpaired) electrons. The first-order chi connectivity index (χ1) is 8.97. The minimum atomic E-state index is 0.244. The lowest BCUT2D eigenvalue weighted by molar-refractivity contribution is 0.311. The van der Waals surface area contributed by atoms with E-state index in [9.17, 15) is 0 Å². The maximum absolute atomic E-state index is 5.78. The van der Waals surface area contributed by atoms with E-state index >= 15 is 0 Å². The van der Waals surface area contributed by atoms with Gasteiger partial charge in [0.05, 0.1) is 14.2 Å². The van der Waals surface area contributed by atoms with Crippen molar-refractivity contribution in [3.05, 3.63) is 23.3 Å². The molecule has 0 saturated heterocycles. The van der Waals surface area contributed by atoms with Crippen molar-refractivity contribution in [3.63, 3.8) is 0 Å². The summed E-state index contributed by atoms with van der Waals surface area (Å²) in [4.78, 5) is 2.28. The van der Waals surface area contributed by atoms with Crippen LogP contribution in [0.25, 0.3) is 0 Å². The summed E-state index contributed by atoms with van der Waals surface area (Å²) < 4.78 is 10.6. The van der Waals surface area contributed by atoms with E-state index in [4.69, 9.17) is 15.2 Å². The molecule has 0 saturated carbocycles. The standard InChI is InChI=1S/C15H26N2O2/c1-11-8-14(18-4)15(19-5)9-13(11)10-17(3)7-6-12(2)16/h8-9,12H,6-7,10,16H2,1-5H3. The molecule has 19 heavy (non-hydrogen) atoms. The fourth-order valence-corrected chi connectivity index (χ4v) is 1.99. The van der Waals surface area contributed by atoms with E-state index in [1.807, 2.05) is 13.0 Å². The van der Waals surface area contributed by atoms with E-state index in [-0.39, 0.29) is 6.04 Å². The van der Waals surface area contributed by atoms with Crippen LogP contribution in [0.1, 0.15) is 24.5 Å². The molecule has 0 heterocycles. The third-order valence-electron chi connectivity index (χ3n) is 3.25. The topological polar surface area (TPSA) is 47.7 Å². The molecule has 1 unspecified atom stereocenters. The van der Waals surface area contributed by atoms with E-state index < -0.39 is 0 Å². The van der Waals surface area contributed by atoms with Crippen LogP contribution in [0.2, 0.25) is 0 Å². The number of aryl methyl sites for hydroxylation is 1. The van der Waals surface area contributed by atoms with Gasteiger partial charge in [-0.3, -0.25) is 0 Å². The van der Waals surface area contributed by atoms with E-state index in [1.54, 1.807) is 14.2 Å². The zero-order valence-corrected chi connectivity index (χ0v) is 12.7. The summed E-state index contributed by atoms with van der Waals surface area (Å²) in [5.41, 5.74) is 8.25. The van der Waals surface area contributed by atoms with Crippen LogP contribution in [0, 0.1) is 6.92 Å². The molecule has 0 fully saturated rings. The van der Waals surface area contributed by atoms with Crippen molar-refractivity contribution in [1.82, 2.24) is 4.90 Å². The minimum absolute atomic E-state index is 0.244. The summed E-state index contributed by atoms with van der Waals surface area (Å²) in [7, 11) is 5.43. The van der Waals surface area contributed by atoms with Gasteiger partial charge in [-0.2, -0.15) is 0 Å². The van der Waals surface area contributed by atoms with E-state index in [0.717, 1.165) is 31.0 Å². The molecule has 1 aromatic carbocycles. The van der Waals surface area contributed by atoms with Gasteiger partial charge in [0.25, 0.3) is 0 Å². The monoisotopic (exact) mass is 266 g/mol. The quantitative estimate of drug-likeness (QED) is 0.822. The van der Waals surface area contributed by atoms with Crippen molar-refractivity contribution in [2.45, 2.75) is 32.9 Å². The Balaban J connectivity index is 2.77. The molecule has 4 nitrogen and oxygen atoms in total. The van der Waals surface area contributed by atoms with Gasteiger partial charge < -0.3 is 20.1 Å². The van der Waals surface area contributed by atoms with E-state index in [2.05, 4.69) is 24.9 Å². The largest absolute Gasteiger partial charge is 0.493 e. The predicted molar refractivity (Wildman–Crippen MR) is 78.9 cm³/mol. The van der Waals surface area contributed by atoms with Gasteiger partial charge in [0.2, 0.25) is 0 Å². The van der Waals surface area contributed by atoms with Crippen molar-refractivity contribution in [3.8, 4) is 11.5 Å². The summed E-state index contributed by atoms with van der Waals surface area (Å²) in [6.07, 6.45) is 1.00. The smallest absolute Gasteiger partial charge is 0.161 e. The number of ether oxygens (including phenoxy) is 2. The Morgan fingerprint density at radius 2 is 1.79 bits per heavy atom. The van der Waals surface area contributed by atoms with Crippen molar-refractivity contribution in [1.29, 1.82) is 0 Å². The van der Waals surface area contributed by atoms with Gasteiger partial charge in [-0.15, -0.1) is 0 Å². The maximum atomic E-state index is 5.78. The Morgan fingerprint density at radius 1 is 1.21 bits per heavy atom. The third kappa shape index (κ3) is 4.73. The highest BCUT2D eigenvalue weighted by Gasteiger charge is 2.10. The summed E-state index contributed by atoms with van der Waals surface area (Å²) in [6.45, 7) is 6.01. The fourth-order valence-electron chi connectivity index (χ4n) is 1.99. The molecule has 1 aromatic rings. The molecule has 0 bridgehead atoms. The molecule has 0 spiro atoms. The molecular weight excluding hydrogens is 240 g/mol. The molecule has 1 atom stereocenters. The average Bonchev–Trinajstić information content (AvgIpc) is 2.38. The zero-order chi connectivity index (χ0) is 14.4. The Bertz CT molecular complexity index is 405. The average molecular weight is 266 g/mol. The lowest BCUT2D eigenvalue weighted by atomic mass is 10.1. The molecule has 108 valence electrons. The van der Waals surface area contributed by atoms with Crippen LogP contribution in [0.3, 0.4) is 0 Å². The second-order valence-corrected chi connectivity index (χ2v) is 5.14. The van der Waals surface area contributed by atoms with Crippen LogP contribution in [0.5, 0.6) is 11.5 Å². The van der Waals surface area contributed by atoms with Gasteiger partial charge in [0, 0.05) is 12.6 Å². The second kappa shape index (κ2) is 7.36. The Labute approximate surface area is 116 Å². The van der Waals surface area contributed by atoms with Gasteiger partial charge in [-0.05, 0) is 57.1 Å². The first-order valence-electron chi connectivity index (χ1n) is 6.63. The second-order valence-electron chi connectivity index (χ2n) is 5.14. The Hall–Kier alpha value is -1.26. The summed E-state index contributed by atoms with van der Waals surface area (Å²) >= 11 is 0. The van der Waals surface area contributed by atoms with Crippen LogP contribution in [-0.2, 0) is 6.54 Å². The van der Waals surface area contributed by atoms with Crippen LogP contribution in [0.15, 0.2) is 12.1 Å². The summed E-state index contributed by atoms with van der Waals surface area (Å²) in [5, 5.41) is 0. The Kier molecular flexibility index (Phi) is 6.12. The summed E-state index contributed by atoms with van der Waals surface area (Å²) in [5.74, 6) is 1.56. The minimum Gasteiger partial charge on any atom is -0.493 e. The number of benzene rings is 1. The van der Waals surface area contributed by atoms with Crippen molar-refractivity contribution >= 4 is 0 Å². The molecule has 4 heteroatoms. The van der Waals surface area contributed by atoms with Gasteiger partial charge in [-0.1, -0.05) is 0 Å². The normalized spacial score (nSPS) is 12.6. The van der Waals surface area contributed by atoms with E-state index in [0.29, 0.717) is 0 Å². The molecule has 0 amide bonds. The highest BCUT2D eigenvalue weighted by Crippen LogP contribution is 2.30. The molecule has 1 rings (SSSR count). The molecule has 0 aliphatic rings. The molecule has 0 aliphatic carbocycles. The van der Waals surface area contributed by atoms with Gasteiger partial charge >= 0.3 is 0 Å². The molecule has 2 N–H and O–H groups in total. The van der Waals surface area contributed by atoms with Gasteiger partial charge in [0.15, 0.2) is 11.5 Å². The van der Waals surface area contributed by atoms with Crippen LogP contribution in [-0.4, -0.2) is 38.8 Å². The Morgan fingerprint density at radius 3 is 2.32 bits per heavy atom. The van der Waals surface area contributed by atoms with Crippen LogP contribution in [0.4, 0.5) is 0 Å². The number of nitrogens with zero attached hydrogens (tertiary/aromatic N) is 1. The van der Waals surface area contributed by atoms with Crippen LogP contribution < -0.4 is 15.2 Å². The molecule has 0 aliphatic heterocycles. The molecule has 0 aromatic heterocycles. The van der Waals surface area contributed by atoms with Crippen LogP contribution >= 0.6 is 0 Å². The van der Waals surface area contributed by atoms with Crippen molar-refractivity contribution in [2.24, 2.45) is 5.73 Å². The third-order valence-corrected chi connectivity index (χ3v) is 3.25. The predicted octanol–water partition coefficient (Wildman–Crippen LogP) is 2.18. The van der Waals surface area contributed by atoms with E-state index in [1.165, 1.54) is 11.1 Å². The fraction of sp³-hybridized carbons (Fsp3) is 0.600.